The van der Waals surface area contributed by atoms with Crippen LogP contribution < -0.4 is 11.1 Å². The van der Waals surface area contributed by atoms with E-state index in [0.29, 0.717) is 12.8 Å². The van der Waals surface area contributed by atoms with Crippen LogP contribution in [-0.4, -0.2) is 10.9 Å². The standard InChI is InChI=1S/C14H15N3O/c15-12-4-1-11(2-5-12)3-6-14(18)17-13-7-9-16-10-8-13/h1-2,4-5,7-10H,3,6,15H2,(H,16,17,18). The minimum atomic E-state index is -0.00183. The van der Waals surface area contributed by atoms with Gasteiger partial charge < -0.3 is 11.1 Å². The monoisotopic (exact) mass is 241 g/mol. The molecule has 2 rings (SSSR count). The summed E-state index contributed by atoms with van der Waals surface area (Å²) in [6.07, 6.45) is 4.45. The van der Waals surface area contributed by atoms with Gasteiger partial charge >= 0.3 is 0 Å². The molecule has 0 saturated carbocycles. The zero-order valence-electron chi connectivity index (χ0n) is 9.97. The van der Waals surface area contributed by atoms with Gasteiger partial charge in [0.1, 0.15) is 0 Å². The number of hydrogen-bond acceptors (Lipinski definition) is 3. The van der Waals surface area contributed by atoms with Gasteiger partial charge in [-0.25, -0.2) is 0 Å². The predicted molar refractivity (Wildman–Crippen MR) is 72.0 cm³/mol. The molecule has 4 heteroatoms. The van der Waals surface area contributed by atoms with E-state index in [0.717, 1.165) is 16.9 Å². The van der Waals surface area contributed by atoms with Crippen molar-refractivity contribution in [3.05, 3.63) is 54.4 Å². The van der Waals surface area contributed by atoms with Crippen molar-refractivity contribution < 1.29 is 4.79 Å². The number of nitrogen functional groups attached to an aromatic ring is 1. The van der Waals surface area contributed by atoms with Gasteiger partial charge in [0, 0.05) is 30.2 Å². The van der Waals surface area contributed by atoms with Crippen LogP contribution in [0.15, 0.2) is 48.8 Å². The fraction of sp³-hybridized carbons (Fsp3) is 0.143. The van der Waals surface area contributed by atoms with Gasteiger partial charge in [-0.05, 0) is 36.2 Å². The molecule has 1 amide bonds. The maximum atomic E-state index is 11.7. The average molecular weight is 241 g/mol. The minimum absolute atomic E-state index is 0.00183. The number of carbonyl (C=O) groups excluding carboxylic acids is 1. The van der Waals surface area contributed by atoms with Crippen LogP contribution >= 0.6 is 0 Å². The fourth-order valence-electron chi connectivity index (χ4n) is 1.60. The molecule has 0 fully saturated rings. The van der Waals surface area contributed by atoms with E-state index in [1.165, 1.54) is 0 Å². The lowest BCUT2D eigenvalue weighted by Gasteiger charge is -2.05. The molecule has 0 aliphatic rings. The number of benzene rings is 1. The smallest absolute Gasteiger partial charge is 0.224 e. The van der Waals surface area contributed by atoms with Gasteiger partial charge in [0.25, 0.3) is 0 Å². The Morgan fingerprint density at radius 3 is 2.44 bits per heavy atom. The van der Waals surface area contributed by atoms with E-state index in [4.69, 9.17) is 5.73 Å². The lowest BCUT2D eigenvalue weighted by molar-refractivity contribution is -0.116. The van der Waals surface area contributed by atoms with Gasteiger partial charge in [0.05, 0.1) is 0 Å². The van der Waals surface area contributed by atoms with Gasteiger partial charge in [0.15, 0.2) is 0 Å². The van der Waals surface area contributed by atoms with Gasteiger partial charge in [-0.1, -0.05) is 12.1 Å². The van der Waals surface area contributed by atoms with Crippen LogP contribution in [0.3, 0.4) is 0 Å². The number of anilines is 2. The summed E-state index contributed by atoms with van der Waals surface area (Å²) in [5.74, 6) is -0.00183. The van der Waals surface area contributed by atoms with Crippen molar-refractivity contribution >= 4 is 17.3 Å². The van der Waals surface area contributed by atoms with E-state index in [9.17, 15) is 4.79 Å². The number of nitrogens with one attached hydrogen (secondary N) is 1. The first kappa shape index (κ1) is 12.1. The highest BCUT2D eigenvalue weighted by Gasteiger charge is 2.02. The molecule has 18 heavy (non-hydrogen) atoms. The van der Waals surface area contributed by atoms with Crippen LogP contribution in [0.4, 0.5) is 11.4 Å². The highest BCUT2D eigenvalue weighted by Crippen LogP contribution is 2.09. The lowest BCUT2D eigenvalue weighted by Crippen LogP contribution is -2.12. The van der Waals surface area contributed by atoms with Crippen LogP contribution in [-0.2, 0) is 11.2 Å². The van der Waals surface area contributed by atoms with Crippen LogP contribution in [0.1, 0.15) is 12.0 Å². The maximum Gasteiger partial charge on any atom is 0.224 e. The Labute approximate surface area is 106 Å². The quantitative estimate of drug-likeness (QED) is 0.806. The zero-order chi connectivity index (χ0) is 12.8. The summed E-state index contributed by atoms with van der Waals surface area (Å²) in [5, 5.41) is 2.82. The van der Waals surface area contributed by atoms with Crippen molar-refractivity contribution in [2.75, 3.05) is 11.1 Å². The summed E-state index contributed by atoms with van der Waals surface area (Å²) in [6.45, 7) is 0. The molecule has 0 aliphatic carbocycles. The molecule has 0 unspecified atom stereocenters. The Hall–Kier alpha value is -2.36. The molecule has 4 nitrogen and oxygen atoms in total. The molecule has 0 saturated heterocycles. The summed E-state index contributed by atoms with van der Waals surface area (Å²) in [4.78, 5) is 15.6. The summed E-state index contributed by atoms with van der Waals surface area (Å²) in [5.41, 5.74) is 8.21. The van der Waals surface area contributed by atoms with Crippen molar-refractivity contribution in [3.63, 3.8) is 0 Å². The first-order valence-electron chi connectivity index (χ1n) is 5.78. The number of nitrogens with zero attached hydrogens (tertiary/aromatic N) is 1. The summed E-state index contributed by atoms with van der Waals surface area (Å²) in [7, 11) is 0. The molecule has 1 aromatic carbocycles. The second-order valence-electron chi connectivity index (χ2n) is 4.03. The number of aryl methyl sites for hydroxylation is 1. The minimum Gasteiger partial charge on any atom is -0.399 e. The second kappa shape index (κ2) is 5.82. The summed E-state index contributed by atoms with van der Waals surface area (Å²) >= 11 is 0. The third-order valence-electron chi connectivity index (χ3n) is 2.58. The molecule has 0 spiro atoms. The van der Waals surface area contributed by atoms with Crippen molar-refractivity contribution in [1.82, 2.24) is 4.98 Å². The third kappa shape index (κ3) is 3.59. The number of carbonyl (C=O) groups is 1. The van der Waals surface area contributed by atoms with Crippen LogP contribution in [0.2, 0.25) is 0 Å². The Balaban J connectivity index is 1.83. The van der Waals surface area contributed by atoms with Gasteiger partial charge in [-0.2, -0.15) is 0 Å². The van der Waals surface area contributed by atoms with E-state index in [2.05, 4.69) is 10.3 Å². The van der Waals surface area contributed by atoms with E-state index >= 15 is 0 Å². The molecule has 0 radical (unpaired) electrons. The topological polar surface area (TPSA) is 68.0 Å². The maximum absolute atomic E-state index is 11.7. The van der Waals surface area contributed by atoms with E-state index in [1.807, 2.05) is 24.3 Å². The largest absolute Gasteiger partial charge is 0.399 e. The summed E-state index contributed by atoms with van der Waals surface area (Å²) < 4.78 is 0. The van der Waals surface area contributed by atoms with Crippen molar-refractivity contribution in [3.8, 4) is 0 Å². The van der Waals surface area contributed by atoms with Crippen LogP contribution in [0.25, 0.3) is 0 Å². The van der Waals surface area contributed by atoms with Gasteiger partial charge in [0.2, 0.25) is 5.91 Å². The molecule has 92 valence electrons. The molecule has 3 N–H and O–H groups in total. The van der Waals surface area contributed by atoms with Crippen LogP contribution in [0, 0.1) is 0 Å². The SMILES string of the molecule is Nc1ccc(CCC(=O)Nc2ccncc2)cc1. The molecule has 0 bridgehead atoms. The molecular weight excluding hydrogens is 226 g/mol. The molecule has 0 aliphatic heterocycles. The number of rotatable bonds is 4. The third-order valence-corrected chi connectivity index (χ3v) is 2.58. The van der Waals surface area contributed by atoms with Gasteiger partial charge in [-0.3, -0.25) is 9.78 Å². The molecule has 2 aromatic rings. The molecular formula is C14H15N3O. The predicted octanol–water partition coefficient (Wildman–Crippen LogP) is 2.24. The zero-order valence-corrected chi connectivity index (χ0v) is 9.97. The average Bonchev–Trinajstić information content (AvgIpc) is 2.39. The molecule has 0 atom stereocenters. The number of aromatic nitrogens is 1. The number of hydrogen-bond donors (Lipinski definition) is 2. The van der Waals surface area contributed by atoms with E-state index < -0.39 is 0 Å². The summed E-state index contributed by atoms with van der Waals surface area (Å²) in [6, 6.07) is 11.1. The van der Waals surface area contributed by atoms with E-state index in [-0.39, 0.29) is 5.91 Å². The Morgan fingerprint density at radius 2 is 1.78 bits per heavy atom. The normalized spacial score (nSPS) is 10.0. The van der Waals surface area contributed by atoms with Crippen molar-refractivity contribution in [1.29, 1.82) is 0 Å². The first-order chi connectivity index (χ1) is 8.74. The molecule has 1 heterocycles. The lowest BCUT2D eigenvalue weighted by atomic mass is 10.1. The first-order valence-corrected chi connectivity index (χ1v) is 5.78. The number of nitrogens with two attached hydrogens (primary N) is 1. The van der Waals surface area contributed by atoms with Gasteiger partial charge in [-0.15, -0.1) is 0 Å². The number of pyridine rings is 1. The Morgan fingerprint density at radius 1 is 1.11 bits per heavy atom. The van der Waals surface area contributed by atoms with Crippen LogP contribution in [0.5, 0.6) is 0 Å². The van der Waals surface area contributed by atoms with Crippen molar-refractivity contribution in [2.45, 2.75) is 12.8 Å². The highest BCUT2D eigenvalue weighted by atomic mass is 16.1. The Bertz CT molecular complexity index is 508. The van der Waals surface area contributed by atoms with E-state index in [1.54, 1.807) is 24.5 Å². The van der Waals surface area contributed by atoms with Crippen molar-refractivity contribution in [2.24, 2.45) is 0 Å². The highest BCUT2D eigenvalue weighted by molar-refractivity contribution is 5.90. The fourth-order valence-corrected chi connectivity index (χ4v) is 1.60. The molecule has 1 aromatic heterocycles. The Kier molecular flexibility index (Phi) is 3.91. The second-order valence-corrected chi connectivity index (χ2v) is 4.03. The number of amides is 1.